The second-order valence-electron chi connectivity index (χ2n) is 0.600. The third-order valence-electron chi connectivity index (χ3n) is 0.167. The normalized spacial score (nSPS) is 32.4. The molecule has 0 aliphatic heterocycles. The summed E-state index contributed by atoms with van der Waals surface area (Å²) in [6, 6.07) is -1.66. The third kappa shape index (κ3) is 3.92. The van der Waals surface area contributed by atoms with Crippen molar-refractivity contribution in [2.45, 2.75) is 19.7 Å². The predicted octanol–water partition coefficient (Wildman–Crippen LogP) is -0.142. The fourth-order valence-electron chi connectivity index (χ4n) is 0. The summed E-state index contributed by atoms with van der Waals surface area (Å²) >= 11 is 0. The maximum atomic E-state index is 6.78. The van der Waals surface area contributed by atoms with E-state index in [1.807, 2.05) is 0 Å². The molecule has 0 amide bonds. The molecular weight excluding hydrogens is 64.0 g/mol. The standard InChI is InChI=1S/C3H10N2/c1-3(2)5-4/h3,5H,4H2,1-2H3/i1D3,2D3. The Morgan fingerprint density at radius 2 is 2.60 bits per heavy atom. The van der Waals surface area contributed by atoms with Crippen molar-refractivity contribution in [1.29, 1.82) is 0 Å². The summed E-state index contributed by atoms with van der Waals surface area (Å²) in [5, 5.41) is 0. The number of hydrogen-bond donors (Lipinski definition) is 2. The largest absolute Gasteiger partial charge is 0.271 e. The van der Waals surface area contributed by atoms with E-state index >= 15 is 0 Å². The van der Waals surface area contributed by atoms with Gasteiger partial charge in [-0.2, -0.15) is 0 Å². The highest BCUT2D eigenvalue weighted by Crippen LogP contribution is 1.64. The van der Waals surface area contributed by atoms with Gasteiger partial charge in [0.1, 0.15) is 0 Å². The van der Waals surface area contributed by atoms with Gasteiger partial charge in [-0.1, -0.05) is 0 Å². The van der Waals surface area contributed by atoms with Crippen LogP contribution in [0.15, 0.2) is 0 Å². The zero-order chi connectivity index (χ0) is 9.28. The van der Waals surface area contributed by atoms with Crippen LogP contribution >= 0.6 is 0 Å². The van der Waals surface area contributed by atoms with Crippen molar-refractivity contribution < 1.29 is 8.22 Å². The van der Waals surface area contributed by atoms with Crippen molar-refractivity contribution in [1.82, 2.24) is 5.43 Å². The first-order chi connectivity index (χ1) is 4.69. The topological polar surface area (TPSA) is 38.0 Å². The molecule has 0 saturated heterocycles. The average Bonchev–Trinajstić information content (AvgIpc) is 1.56. The van der Waals surface area contributed by atoms with Crippen LogP contribution in [0, 0.1) is 0 Å². The fraction of sp³-hybridized carbons (Fsp3) is 1.00. The molecule has 2 nitrogen and oxygen atoms in total. The second kappa shape index (κ2) is 2.18. The number of rotatable bonds is 1. The van der Waals surface area contributed by atoms with E-state index in [0.717, 1.165) is 0 Å². The van der Waals surface area contributed by atoms with E-state index in [1.54, 1.807) is 5.43 Å². The summed E-state index contributed by atoms with van der Waals surface area (Å²) in [4.78, 5) is 0. The van der Waals surface area contributed by atoms with Gasteiger partial charge in [-0.25, -0.2) is 0 Å². The SMILES string of the molecule is [2H]C([2H])([2H])C(NN)C([2H])([2H])[2H]. The fourth-order valence-corrected chi connectivity index (χ4v) is 0. The van der Waals surface area contributed by atoms with E-state index in [9.17, 15) is 0 Å². The van der Waals surface area contributed by atoms with Crippen LogP contribution in [0.25, 0.3) is 0 Å². The molecule has 32 valence electrons. The van der Waals surface area contributed by atoms with E-state index in [2.05, 4.69) is 0 Å². The summed E-state index contributed by atoms with van der Waals surface area (Å²) in [5.74, 6) is 4.78. The van der Waals surface area contributed by atoms with Crippen LogP contribution in [0.5, 0.6) is 0 Å². The molecule has 0 spiro atoms. The van der Waals surface area contributed by atoms with E-state index in [-0.39, 0.29) is 0 Å². The molecule has 0 aliphatic rings. The monoisotopic (exact) mass is 80.1 g/mol. The molecule has 0 heterocycles. The number of hydrogen-bond acceptors (Lipinski definition) is 2. The first-order valence-electron chi connectivity index (χ1n) is 4.15. The van der Waals surface area contributed by atoms with Crippen molar-refractivity contribution >= 4 is 0 Å². The first kappa shape index (κ1) is 0.768. The summed E-state index contributed by atoms with van der Waals surface area (Å²) < 4.78 is 40.7. The van der Waals surface area contributed by atoms with Gasteiger partial charge in [0.25, 0.3) is 0 Å². The van der Waals surface area contributed by atoms with Gasteiger partial charge in [-0.15, -0.1) is 0 Å². The summed E-state index contributed by atoms with van der Waals surface area (Å²) in [5.41, 5.74) is 1.76. The van der Waals surface area contributed by atoms with E-state index in [0.29, 0.717) is 0 Å². The molecule has 0 atom stereocenters. The molecule has 5 heavy (non-hydrogen) atoms. The van der Waals surface area contributed by atoms with Crippen molar-refractivity contribution in [2.24, 2.45) is 5.84 Å². The van der Waals surface area contributed by atoms with Gasteiger partial charge in [0, 0.05) is 14.3 Å². The summed E-state index contributed by atoms with van der Waals surface area (Å²) in [6.07, 6.45) is 0. The van der Waals surface area contributed by atoms with Gasteiger partial charge in [0.15, 0.2) is 0 Å². The molecule has 3 N–H and O–H groups in total. The molecule has 0 rings (SSSR count). The maximum absolute atomic E-state index is 6.78. The Hall–Kier alpha value is -0.0800. The number of nitrogens with one attached hydrogen (secondary N) is 1. The van der Waals surface area contributed by atoms with Crippen LogP contribution in [0.1, 0.15) is 21.9 Å². The molecule has 0 radical (unpaired) electrons. The zero-order valence-electron chi connectivity index (χ0n) is 8.65. The summed E-state index contributed by atoms with van der Waals surface area (Å²) in [7, 11) is 0. The minimum absolute atomic E-state index is 1.66. The Morgan fingerprint density at radius 1 is 2.00 bits per heavy atom. The van der Waals surface area contributed by atoms with Gasteiger partial charge in [-0.3, -0.25) is 11.3 Å². The van der Waals surface area contributed by atoms with Gasteiger partial charge < -0.3 is 0 Å². The molecular formula is C3H10N2. The maximum Gasteiger partial charge on any atom is 0.0247 e. The lowest BCUT2D eigenvalue weighted by Crippen LogP contribution is -2.29. The minimum atomic E-state index is -2.60. The van der Waals surface area contributed by atoms with Crippen molar-refractivity contribution in [3.8, 4) is 0 Å². The highest BCUT2D eigenvalue weighted by atomic mass is 15.2. The van der Waals surface area contributed by atoms with Crippen molar-refractivity contribution in [3.05, 3.63) is 0 Å². The van der Waals surface area contributed by atoms with Crippen molar-refractivity contribution in [3.63, 3.8) is 0 Å². The molecule has 0 aromatic carbocycles. The highest BCUT2D eigenvalue weighted by Gasteiger charge is 1.77. The summed E-state index contributed by atoms with van der Waals surface area (Å²) in [6.45, 7) is -5.19. The Kier molecular flexibility index (Phi) is 0.334. The molecule has 0 unspecified atom stereocenters. The lowest BCUT2D eigenvalue weighted by Gasteiger charge is -1.95. The van der Waals surface area contributed by atoms with Crippen LogP contribution in [-0.2, 0) is 0 Å². The Balaban J connectivity index is 4.43. The molecule has 0 saturated carbocycles. The van der Waals surface area contributed by atoms with Gasteiger partial charge in [0.05, 0.1) is 0 Å². The molecule has 0 fully saturated rings. The highest BCUT2D eigenvalue weighted by molar-refractivity contribution is 4.38. The number of nitrogens with two attached hydrogens (primary N) is 1. The Morgan fingerprint density at radius 3 is 2.60 bits per heavy atom. The van der Waals surface area contributed by atoms with Crippen LogP contribution in [-0.4, -0.2) is 6.04 Å². The molecule has 2 heteroatoms. The lowest BCUT2D eigenvalue weighted by atomic mass is 10.4. The van der Waals surface area contributed by atoms with Gasteiger partial charge in [-0.05, 0) is 13.7 Å². The number of hydrazine groups is 1. The van der Waals surface area contributed by atoms with E-state index in [1.165, 1.54) is 0 Å². The predicted molar refractivity (Wildman–Crippen MR) is 22.5 cm³/mol. The van der Waals surface area contributed by atoms with Crippen LogP contribution < -0.4 is 11.3 Å². The van der Waals surface area contributed by atoms with Gasteiger partial charge >= 0.3 is 0 Å². The zero-order valence-corrected chi connectivity index (χ0v) is 2.65. The van der Waals surface area contributed by atoms with E-state index < -0.39 is 19.7 Å². The Bertz CT molecular complexity index is 111. The van der Waals surface area contributed by atoms with Crippen LogP contribution in [0.4, 0.5) is 0 Å². The molecule has 0 bridgehead atoms. The minimum Gasteiger partial charge on any atom is -0.271 e. The van der Waals surface area contributed by atoms with Gasteiger partial charge in [0.2, 0.25) is 0 Å². The molecule has 0 aromatic heterocycles. The smallest absolute Gasteiger partial charge is 0.0247 e. The Labute approximate surface area is 40.8 Å². The molecule has 0 aliphatic carbocycles. The van der Waals surface area contributed by atoms with Crippen LogP contribution in [0.2, 0.25) is 0 Å². The van der Waals surface area contributed by atoms with Crippen molar-refractivity contribution in [2.75, 3.05) is 0 Å². The molecule has 0 aromatic rings. The van der Waals surface area contributed by atoms with E-state index in [4.69, 9.17) is 14.1 Å². The average molecular weight is 80.2 g/mol. The lowest BCUT2D eigenvalue weighted by molar-refractivity contribution is 0.617. The quantitative estimate of drug-likeness (QED) is 0.340. The van der Waals surface area contributed by atoms with Crippen LogP contribution in [0.3, 0.4) is 0 Å². The first-order valence-corrected chi connectivity index (χ1v) is 1.15. The second-order valence-corrected chi connectivity index (χ2v) is 0.600. The third-order valence-corrected chi connectivity index (χ3v) is 0.167.